The van der Waals surface area contributed by atoms with E-state index in [1.54, 1.807) is 6.07 Å². The van der Waals surface area contributed by atoms with Crippen LogP contribution < -0.4 is 16.2 Å². The van der Waals surface area contributed by atoms with Crippen LogP contribution >= 0.6 is 0 Å². The molecule has 1 saturated carbocycles. The van der Waals surface area contributed by atoms with Gasteiger partial charge < -0.3 is 15.6 Å². The highest BCUT2D eigenvalue weighted by atomic mass is 16.2. The lowest BCUT2D eigenvalue weighted by molar-refractivity contribution is -0.123. The monoisotopic (exact) mass is 325 g/mol. The highest BCUT2D eigenvalue weighted by Crippen LogP contribution is 2.19. The van der Waals surface area contributed by atoms with E-state index in [2.05, 4.69) is 15.6 Å². The van der Waals surface area contributed by atoms with Gasteiger partial charge in [0.15, 0.2) is 0 Å². The maximum Gasteiger partial charge on any atom is 0.260 e. The topological polar surface area (TPSA) is 91.1 Å². The fraction of sp³-hybridized carbons (Fsp3) is 0.278. The molecule has 3 rings (SSSR count). The lowest BCUT2D eigenvalue weighted by atomic mass is 10.0. The third-order valence-corrected chi connectivity index (χ3v) is 3.89. The van der Waals surface area contributed by atoms with Crippen molar-refractivity contribution in [2.45, 2.75) is 31.3 Å². The fourth-order valence-corrected chi connectivity index (χ4v) is 2.42. The molecule has 3 N–H and O–H groups in total. The first-order valence-electron chi connectivity index (χ1n) is 7.96. The molecule has 1 fully saturated rings. The molecule has 6 nitrogen and oxygen atoms in total. The predicted octanol–water partition coefficient (Wildman–Crippen LogP) is 0.995. The van der Waals surface area contributed by atoms with Gasteiger partial charge in [-0.1, -0.05) is 30.3 Å². The second kappa shape index (κ2) is 7.12. The van der Waals surface area contributed by atoms with E-state index >= 15 is 0 Å². The minimum Gasteiger partial charge on any atom is -0.352 e. The van der Waals surface area contributed by atoms with Gasteiger partial charge in [-0.3, -0.25) is 14.4 Å². The second-order valence-corrected chi connectivity index (χ2v) is 5.91. The highest BCUT2D eigenvalue weighted by Gasteiger charge is 2.29. The van der Waals surface area contributed by atoms with Gasteiger partial charge in [-0.25, -0.2) is 0 Å². The Labute approximate surface area is 139 Å². The first kappa shape index (κ1) is 16.0. The zero-order chi connectivity index (χ0) is 16.9. The number of aromatic nitrogens is 1. The smallest absolute Gasteiger partial charge is 0.260 e. The number of carbonyl (C=O) groups is 2. The Bertz CT molecular complexity index is 781. The van der Waals surface area contributed by atoms with Gasteiger partial charge in [0, 0.05) is 18.7 Å². The number of rotatable bonds is 6. The molecule has 1 aliphatic carbocycles. The van der Waals surface area contributed by atoms with Crippen LogP contribution in [0, 0.1) is 0 Å². The molecule has 24 heavy (non-hydrogen) atoms. The van der Waals surface area contributed by atoms with Gasteiger partial charge in [0.2, 0.25) is 5.91 Å². The third kappa shape index (κ3) is 4.10. The number of hydrogen-bond acceptors (Lipinski definition) is 3. The molecule has 1 heterocycles. The van der Waals surface area contributed by atoms with Gasteiger partial charge in [-0.2, -0.15) is 0 Å². The van der Waals surface area contributed by atoms with E-state index in [0.29, 0.717) is 6.42 Å². The highest BCUT2D eigenvalue weighted by molar-refractivity contribution is 5.97. The van der Waals surface area contributed by atoms with Crippen molar-refractivity contribution >= 4 is 11.8 Å². The number of amides is 2. The van der Waals surface area contributed by atoms with Gasteiger partial charge >= 0.3 is 0 Å². The summed E-state index contributed by atoms with van der Waals surface area (Å²) in [6.07, 6.45) is 3.77. The molecular formula is C18H19N3O3. The van der Waals surface area contributed by atoms with Crippen LogP contribution in [0.15, 0.2) is 53.5 Å². The normalized spacial score (nSPS) is 14.7. The largest absolute Gasteiger partial charge is 0.352 e. The Hall–Kier alpha value is -2.89. The van der Waals surface area contributed by atoms with Crippen LogP contribution in [-0.2, 0) is 11.2 Å². The molecule has 1 aliphatic rings. The molecule has 0 radical (unpaired) electrons. The lowest BCUT2D eigenvalue weighted by Crippen LogP contribution is -2.49. The molecule has 0 saturated heterocycles. The molecule has 1 aromatic heterocycles. The minimum atomic E-state index is -0.722. The standard InChI is InChI=1S/C18H19N3O3/c22-16-14(7-4-10-19-16)17(23)21-15(18(24)20-13-8-9-13)11-12-5-2-1-3-6-12/h1-7,10,13,15H,8-9,11H2,(H,19,22)(H,20,24)(H,21,23)/t15-/m0/s1. The number of aromatic amines is 1. The molecule has 2 amide bonds. The van der Waals surface area contributed by atoms with E-state index in [1.807, 2.05) is 30.3 Å². The van der Waals surface area contributed by atoms with Crippen LogP contribution in [0.1, 0.15) is 28.8 Å². The summed E-state index contributed by atoms with van der Waals surface area (Å²) in [4.78, 5) is 39.0. The summed E-state index contributed by atoms with van der Waals surface area (Å²) >= 11 is 0. The van der Waals surface area contributed by atoms with Crippen molar-refractivity contribution < 1.29 is 9.59 Å². The van der Waals surface area contributed by atoms with Crippen molar-refractivity contribution in [3.8, 4) is 0 Å². The molecule has 0 unspecified atom stereocenters. The summed E-state index contributed by atoms with van der Waals surface area (Å²) < 4.78 is 0. The molecule has 1 aromatic carbocycles. The molecular weight excluding hydrogens is 306 g/mol. The van der Waals surface area contributed by atoms with Crippen LogP contribution in [0.2, 0.25) is 0 Å². The summed E-state index contributed by atoms with van der Waals surface area (Å²) in [5.41, 5.74) is 0.460. The number of H-pyrrole nitrogens is 1. The molecule has 0 aliphatic heterocycles. The molecule has 6 heteroatoms. The molecule has 124 valence electrons. The molecule has 0 bridgehead atoms. The summed E-state index contributed by atoms with van der Waals surface area (Å²) in [7, 11) is 0. The zero-order valence-corrected chi connectivity index (χ0v) is 13.1. The Kier molecular flexibility index (Phi) is 4.74. The average molecular weight is 325 g/mol. The van der Waals surface area contributed by atoms with Crippen molar-refractivity contribution in [1.82, 2.24) is 15.6 Å². The summed E-state index contributed by atoms with van der Waals surface area (Å²) in [5.74, 6) is -0.772. The van der Waals surface area contributed by atoms with Gasteiger partial charge in [-0.15, -0.1) is 0 Å². The predicted molar refractivity (Wildman–Crippen MR) is 89.6 cm³/mol. The van der Waals surface area contributed by atoms with Crippen molar-refractivity contribution in [3.05, 3.63) is 70.1 Å². The van der Waals surface area contributed by atoms with Gasteiger partial charge in [0.1, 0.15) is 11.6 Å². The van der Waals surface area contributed by atoms with E-state index in [0.717, 1.165) is 18.4 Å². The van der Waals surface area contributed by atoms with Crippen LogP contribution in [0.5, 0.6) is 0 Å². The van der Waals surface area contributed by atoms with Crippen molar-refractivity contribution in [2.75, 3.05) is 0 Å². The number of benzene rings is 1. The van der Waals surface area contributed by atoms with Crippen LogP contribution in [0.3, 0.4) is 0 Å². The Morgan fingerprint density at radius 3 is 2.54 bits per heavy atom. The number of nitrogens with one attached hydrogen (secondary N) is 3. The zero-order valence-electron chi connectivity index (χ0n) is 13.1. The quantitative estimate of drug-likeness (QED) is 0.740. The van der Waals surface area contributed by atoms with Crippen molar-refractivity contribution in [1.29, 1.82) is 0 Å². The van der Waals surface area contributed by atoms with E-state index < -0.39 is 17.5 Å². The lowest BCUT2D eigenvalue weighted by Gasteiger charge is -2.18. The average Bonchev–Trinajstić information content (AvgIpc) is 3.39. The Morgan fingerprint density at radius 1 is 1.12 bits per heavy atom. The van der Waals surface area contributed by atoms with E-state index in [1.165, 1.54) is 12.3 Å². The summed E-state index contributed by atoms with van der Waals surface area (Å²) in [6.45, 7) is 0. The fourth-order valence-electron chi connectivity index (χ4n) is 2.42. The maximum absolute atomic E-state index is 12.4. The van der Waals surface area contributed by atoms with Crippen LogP contribution in [0.4, 0.5) is 0 Å². The van der Waals surface area contributed by atoms with Crippen LogP contribution in [0.25, 0.3) is 0 Å². The number of carbonyl (C=O) groups excluding carboxylic acids is 2. The van der Waals surface area contributed by atoms with Crippen molar-refractivity contribution in [2.24, 2.45) is 0 Å². The van der Waals surface area contributed by atoms with E-state index in [9.17, 15) is 14.4 Å². The second-order valence-electron chi connectivity index (χ2n) is 5.91. The van der Waals surface area contributed by atoms with E-state index in [-0.39, 0.29) is 17.5 Å². The first-order valence-corrected chi connectivity index (χ1v) is 7.96. The summed E-state index contributed by atoms with van der Waals surface area (Å²) in [6, 6.07) is 12.0. The third-order valence-electron chi connectivity index (χ3n) is 3.89. The van der Waals surface area contributed by atoms with Gasteiger partial charge in [0.05, 0.1) is 0 Å². The summed E-state index contributed by atoms with van der Waals surface area (Å²) in [5, 5.41) is 5.59. The molecule has 2 aromatic rings. The minimum absolute atomic E-state index is 0.00483. The van der Waals surface area contributed by atoms with Gasteiger partial charge in [0.25, 0.3) is 11.5 Å². The Balaban J connectivity index is 1.75. The van der Waals surface area contributed by atoms with Crippen LogP contribution in [-0.4, -0.2) is 28.9 Å². The maximum atomic E-state index is 12.4. The Morgan fingerprint density at radius 2 is 1.88 bits per heavy atom. The van der Waals surface area contributed by atoms with Gasteiger partial charge in [-0.05, 0) is 30.5 Å². The number of hydrogen-bond donors (Lipinski definition) is 3. The van der Waals surface area contributed by atoms with Crippen molar-refractivity contribution in [3.63, 3.8) is 0 Å². The number of pyridine rings is 1. The van der Waals surface area contributed by atoms with E-state index in [4.69, 9.17) is 0 Å². The molecule has 1 atom stereocenters. The SMILES string of the molecule is O=C(N[C@@H](Cc1ccccc1)C(=O)NC1CC1)c1ccc[nH]c1=O. The first-order chi connectivity index (χ1) is 11.6. The molecule has 0 spiro atoms.